The number of Topliss-reactive ketones (excluding diaryl/α,β-unsaturated/α-hetero) is 1. The van der Waals surface area contributed by atoms with Crippen LogP contribution in [0.5, 0.6) is 0 Å². The van der Waals surface area contributed by atoms with Gasteiger partial charge in [-0.3, -0.25) is 4.79 Å². The summed E-state index contributed by atoms with van der Waals surface area (Å²) in [6.45, 7) is 8.81. The molecular formula is C16H32O. The first kappa shape index (κ1) is 16.7. The molecule has 0 aliphatic rings. The molecule has 0 fully saturated rings. The Morgan fingerprint density at radius 2 is 1.47 bits per heavy atom. The summed E-state index contributed by atoms with van der Waals surface area (Å²) < 4.78 is 0. The zero-order valence-corrected chi connectivity index (χ0v) is 12.4. The number of carbonyl (C=O) groups excluding carboxylic acids is 1. The van der Waals surface area contributed by atoms with Crippen LogP contribution in [0.15, 0.2) is 0 Å². The van der Waals surface area contributed by atoms with Crippen molar-refractivity contribution in [3.8, 4) is 0 Å². The van der Waals surface area contributed by atoms with Gasteiger partial charge in [0, 0.05) is 12.3 Å². The van der Waals surface area contributed by atoms with Crippen molar-refractivity contribution in [2.45, 2.75) is 85.5 Å². The predicted molar refractivity (Wildman–Crippen MR) is 76.2 cm³/mol. The maximum absolute atomic E-state index is 12.2. The largest absolute Gasteiger partial charge is 0.299 e. The van der Waals surface area contributed by atoms with E-state index in [1.165, 1.54) is 32.1 Å². The van der Waals surface area contributed by atoms with Gasteiger partial charge in [0.1, 0.15) is 5.78 Å². The second-order valence-corrected chi connectivity index (χ2v) is 5.33. The molecule has 0 N–H and O–H groups in total. The highest BCUT2D eigenvalue weighted by molar-refractivity contribution is 5.81. The van der Waals surface area contributed by atoms with Gasteiger partial charge in [-0.25, -0.2) is 0 Å². The van der Waals surface area contributed by atoms with E-state index in [1.807, 2.05) is 0 Å². The maximum Gasteiger partial charge on any atom is 0.136 e. The normalized spacial score (nSPS) is 14.6. The standard InChI is InChI=1S/C16H32O/c1-5-9-11-14(7-3)13-16(17)15(8-4)12-10-6-2/h14-15H,5-13H2,1-4H3. The van der Waals surface area contributed by atoms with E-state index in [0.717, 1.165) is 25.7 Å². The Morgan fingerprint density at radius 1 is 0.882 bits per heavy atom. The predicted octanol–water partition coefficient (Wildman–Crippen LogP) is 5.38. The summed E-state index contributed by atoms with van der Waals surface area (Å²) in [4.78, 5) is 12.2. The number of hydrogen-bond acceptors (Lipinski definition) is 1. The Labute approximate surface area is 108 Å². The van der Waals surface area contributed by atoms with Crippen LogP contribution in [-0.4, -0.2) is 5.78 Å². The molecule has 1 nitrogen and oxygen atoms in total. The second-order valence-electron chi connectivity index (χ2n) is 5.33. The fourth-order valence-corrected chi connectivity index (χ4v) is 2.44. The number of carbonyl (C=O) groups is 1. The quantitative estimate of drug-likeness (QED) is 0.474. The SMILES string of the molecule is CCCCC(CC)CC(=O)C(CC)CCCC. The Bertz CT molecular complexity index is 186. The third kappa shape index (κ3) is 7.57. The van der Waals surface area contributed by atoms with E-state index in [9.17, 15) is 4.79 Å². The number of ketones is 1. The van der Waals surface area contributed by atoms with Crippen molar-refractivity contribution in [3.05, 3.63) is 0 Å². The molecule has 0 aromatic heterocycles. The topological polar surface area (TPSA) is 17.1 Å². The van der Waals surface area contributed by atoms with E-state index in [4.69, 9.17) is 0 Å². The third-order valence-corrected chi connectivity index (χ3v) is 3.89. The van der Waals surface area contributed by atoms with E-state index in [0.29, 0.717) is 17.6 Å². The Kier molecular flexibility index (Phi) is 10.6. The second kappa shape index (κ2) is 10.8. The van der Waals surface area contributed by atoms with Gasteiger partial charge < -0.3 is 0 Å². The molecule has 2 unspecified atom stereocenters. The molecule has 0 saturated carbocycles. The van der Waals surface area contributed by atoms with Crippen LogP contribution in [0.2, 0.25) is 0 Å². The molecule has 0 heterocycles. The van der Waals surface area contributed by atoms with Gasteiger partial charge in [0.2, 0.25) is 0 Å². The third-order valence-electron chi connectivity index (χ3n) is 3.89. The zero-order chi connectivity index (χ0) is 13.1. The molecule has 0 radical (unpaired) electrons. The lowest BCUT2D eigenvalue weighted by Crippen LogP contribution is -2.17. The van der Waals surface area contributed by atoms with Crippen molar-refractivity contribution in [2.75, 3.05) is 0 Å². The summed E-state index contributed by atoms with van der Waals surface area (Å²) in [5.41, 5.74) is 0. The number of hydrogen-bond donors (Lipinski definition) is 0. The van der Waals surface area contributed by atoms with Crippen LogP contribution in [0.4, 0.5) is 0 Å². The monoisotopic (exact) mass is 240 g/mol. The molecule has 0 bridgehead atoms. The first-order chi connectivity index (χ1) is 8.19. The van der Waals surface area contributed by atoms with Crippen LogP contribution < -0.4 is 0 Å². The van der Waals surface area contributed by atoms with E-state index < -0.39 is 0 Å². The van der Waals surface area contributed by atoms with Crippen LogP contribution in [0.25, 0.3) is 0 Å². The molecule has 0 aromatic rings. The molecule has 102 valence electrons. The van der Waals surface area contributed by atoms with Crippen molar-refractivity contribution < 1.29 is 4.79 Å². The molecule has 17 heavy (non-hydrogen) atoms. The van der Waals surface area contributed by atoms with Crippen molar-refractivity contribution in [1.82, 2.24) is 0 Å². The van der Waals surface area contributed by atoms with Crippen LogP contribution in [-0.2, 0) is 4.79 Å². The summed E-state index contributed by atoms with van der Waals surface area (Å²) in [6.07, 6.45) is 10.3. The van der Waals surface area contributed by atoms with Gasteiger partial charge in [0.05, 0.1) is 0 Å². The average molecular weight is 240 g/mol. The molecule has 0 rings (SSSR count). The number of rotatable bonds is 11. The average Bonchev–Trinajstić information content (AvgIpc) is 2.35. The minimum Gasteiger partial charge on any atom is -0.299 e. The molecule has 2 atom stereocenters. The molecule has 0 saturated heterocycles. The summed E-state index contributed by atoms with van der Waals surface area (Å²) in [5, 5.41) is 0. The van der Waals surface area contributed by atoms with Gasteiger partial charge in [-0.2, -0.15) is 0 Å². The molecular weight excluding hydrogens is 208 g/mol. The molecule has 0 aliphatic heterocycles. The lowest BCUT2D eigenvalue weighted by Gasteiger charge is -2.18. The molecule has 0 spiro atoms. The van der Waals surface area contributed by atoms with E-state index in [-0.39, 0.29) is 0 Å². The lowest BCUT2D eigenvalue weighted by molar-refractivity contribution is -0.124. The van der Waals surface area contributed by atoms with E-state index >= 15 is 0 Å². The molecule has 0 amide bonds. The highest BCUT2D eigenvalue weighted by Crippen LogP contribution is 2.22. The number of unbranched alkanes of at least 4 members (excludes halogenated alkanes) is 2. The van der Waals surface area contributed by atoms with Gasteiger partial charge in [-0.05, 0) is 18.8 Å². The zero-order valence-electron chi connectivity index (χ0n) is 12.4. The highest BCUT2D eigenvalue weighted by atomic mass is 16.1. The molecule has 0 aliphatic carbocycles. The fourth-order valence-electron chi connectivity index (χ4n) is 2.44. The van der Waals surface area contributed by atoms with E-state index in [2.05, 4.69) is 27.7 Å². The smallest absolute Gasteiger partial charge is 0.136 e. The minimum atomic E-state index is 0.339. The van der Waals surface area contributed by atoms with Crippen molar-refractivity contribution >= 4 is 5.78 Å². The van der Waals surface area contributed by atoms with Gasteiger partial charge >= 0.3 is 0 Å². The van der Waals surface area contributed by atoms with Crippen molar-refractivity contribution in [1.29, 1.82) is 0 Å². The minimum absolute atomic E-state index is 0.339. The summed E-state index contributed by atoms with van der Waals surface area (Å²) in [6, 6.07) is 0. The van der Waals surface area contributed by atoms with E-state index in [1.54, 1.807) is 0 Å². The van der Waals surface area contributed by atoms with Gasteiger partial charge in [-0.15, -0.1) is 0 Å². The Morgan fingerprint density at radius 3 is 1.94 bits per heavy atom. The first-order valence-corrected chi connectivity index (χ1v) is 7.72. The highest BCUT2D eigenvalue weighted by Gasteiger charge is 2.19. The van der Waals surface area contributed by atoms with Crippen molar-refractivity contribution in [2.24, 2.45) is 11.8 Å². The van der Waals surface area contributed by atoms with Gasteiger partial charge in [0.15, 0.2) is 0 Å². The van der Waals surface area contributed by atoms with Gasteiger partial charge in [0.25, 0.3) is 0 Å². The van der Waals surface area contributed by atoms with Gasteiger partial charge in [-0.1, -0.05) is 66.2 Å². The summed E-state index contributed by atoms with van der Waals surface area (Å²) in [5.74, 6) is 1.51. The van der Waals surface area contributed by atoms with Crippen LogP contribution in [0.1, 0.15) is 85.5 Å². The first-order valence-electron chi connectivity index (χ1n) is 7.72. The maximum atomic E-state index is 12.2. The fraction of sp³-hybridized carbons (Fsp3) is 0.938. The van der Waals surface area contributed by atoms with Crippen LogP contribution in [0.3, 0.4) is 0 Å². The van der Waals surface area contributed by atoms with Crippen LogP contribution >= 0.6 is 0 Å². The van der Waals surface area contributed by atoms with Crippen LogP contribution in [0, 0.1) is 11.8 Å². The summed E-state index contributed by atoms with van der Waals surface area (Å²) in [7, 11) is 0. The Hall–Kier alpha value is -0.330. The molecule has 0 aromatic carbocycles. The summed E-state index contributed by atoms with van der Waals surface area (Å²) >= 11 is 0. The lowest BCUT2D eigenvalue weighted by atomic mass is 9.86. The molecule has 1 heteroatoms. The Balaban J connectivity index is 4.07. The van der Waals surface area contributed by atoms with Crippen molar-refractivity contribution in [3.63, 3.8) is 0 Å².